The fourth-order valence-electron chi connectivity index (χ4n) is 4.42. The minimum absolute atomic E-state index is 0.0384. The van der Waals surface area contributed by atoms with Crippen LogP contribution in [0, 0.1) is 18.6 Å². The molecule has 1 atom stereocenters. The minimum Gasteiger partial charge on any atom is -0.375 e. The third-order valence-corrected chi connectivity index (χ3v) is 6.62. The molecule has 2 aliphatic rings. The van der Waals surface area contributed by atoms with Crippen LogP contribution in [-0.2, 0) is 16.6 Å². The predicted molar refractivity (Wildman–Crippen MR) is 113 cm³/mol. The molecule has 0 amide bonds. The monoisotopic (exact) mass is 411 g/mol. The summed E-state index contributed by atoms with van der Waals surface area (Å²) < 4.78 is 38.4. The highest BCUT2D eigenvalue weighted by Gasteiger charge is 2.40. The van der Waals surface area contributed by atoms with Crippen molar-refractivity contribution in [3.8, 4) is 11.3 Å². The molecule has 3 aromatic rings. The van der Waals surface area contributed by atoms with Crippen LogP contribution >= 0.6 is 0 Å². The maximum absolute atomic E-state index is 15.3. The van der Waals surface area contributed by atoms with Crippen LogP contribution in [0.5, 0.6) is 0 Å². The lowest BCUT2D eigenvalue weighted by Gasteiger charge is -2.30. The number of pyridine rings is 1. The molecule has 1 aliphatic heterocycles. The van der Waals surface area contributed by atoms with E-state index < -0.39 is 11.6 Å². The van der Waals surface area contributed by atoms with Gasteiger partial charge >= 0.3 is 0 Å². The van der Waals surface area contributed by atoms with Crippen LogP contribution in [-0.4, -0.2) is 47.1 Å². The lowest BCUT2D eigenvalue weighted by atomic mass is 9.95. The molecule has 1 aromatic carbocycles. The summed E-state index contributed by atoms with van der Waals surface area (Å²) in [5.74, 6) is -1.08. The van der Waals surface area contributed by atoms with Crippen LogP contribution in [0.2, 0.25) is 0 Å². The summed E-state index contributed by atoms with van der Waals surface area (Å²) >= 11 is 0. The normalized spacial score (nSPS) is 21.3. The third kappa shape index (κ3) is 3.42. The fraction of sp³-hybridized carbons (Fsp3) is 0.458. The molecular weight excluding hydrogens is 384 g/mol. The number of morpholine rings is 1. The number of hydrogen-bond acceptors (Lipinski definition) is 3. The van der Waals surface area contributed by atoms with Crippen LogP contribution in [0.25, 0.3) is 16.9 Å². The number of likely N-dealkylation sites (N-methyl/N-ethyl adjacent to an activating group) is 1. The Bertz CT molecular complexity index is 1100. The van der Waals surface area contributed by atoms with E-state index in [2.05, 4.69) is 23.9 Å². The van der Waals surface area contributed by atoms with Gasteiger partial charge in [0.15, 0.2) is 0 Å². The summed E-state index contributed by atoms with van der Waals surface area (Å²) in [5.41, 5.74) is 3.51. The van der Waals surface area contributed by atoms with Gasteiger partial charge in [0, 0.05) is 25.7 Å². The van der Waals surface area contributed by atoms with Crippen molar-refractivity contribution in [1.29, 1.82) is 0 Å². The third-order valence-electron chi connectivity index (χ3n) is 6.62. The molecular formula is C24H27F2N3O. The number of aryl methyl sites for hydroxylation is 1. The Morgan fingerprint density at radius 2 is 1.93 bits per heavy atom. The van der Waals surface area contributed by atoms with Crippen LogP contribution in [0.15, 0.2) is 30.5 Å². The minimum atomic E-state index is -0.541. The van der Waals surface area contributed by atoms with Crippen molar-refractivity contribution in [3.05, 3.63) is 58.9 Å². The topological polar surface area (TPSA) is 29.8 Å². The first-order chi connectivity index (χ1) is 14.3. The summed E-state index contributed by atoms with van der Waals surface area (Å²) in [6.45, 7) is 6.36. The highest BCUT2D eigenvalue weighted by atomic mass is 19.1. The lowest BCUT2D eigenvalue weighted by molar-refractivity contribution is -0.0190. The second-order valence-electron chi connectivity index (χ2n) is 9.17. The maximum Gasteiger partial charge on any atom is 0.137 e. The smallest absolute Gasteiger partial charge is 0.137 e. The Morgan fingerprint density at radius 3 is 2.60 bits per heavy atom. The van der Waals surface area contributed by atoms with E-state index in [4.69, 9.17) is 4.74 Å². The Kier molecular flexibility index (Phi) is 4.67. The van der Waals surface area contributed by atoms with Crippen LogP contribution in [0.4, 0.5) is 8.78 Å². The lowest BCUT2D eigenvalue weighted by Crippen LogP contribution is -2.41. The molecule has 30 heavy (non-hydrogen) atoms. The number of halogens is 2. The zero-order valence-corrected chi connectivity index (χ0v) is 17.7. The number of rotatable bonds is 4. The molecule has 6 heteroatoms. The molecule has 2 fully saturated rings. The molecule has 0 bridgehead atoms. The largest absolute Gasteiger partial charge is 0.375 e. The van der Waals surface area contributed by atoms with Crippen molar-refractivity contribution in [2.24, 2.45) is 0 Å². The van der Waals surface area contributed by atoms with Gasteiger partial charge in [0.1, 0.15) is 17.3 Å². The average molecular weight is 411 g/mol. The van der Waals surface area contributed by atoms with Gasteiger partial charge in [-0.25, -0.2) is 13.8 Å². The first kappa shape index (κ1) is 19.6. The molecule has 2 aromatic heterocycles. The highest BCUT2D eigenvalue weighted by Crippen LogP contribution is 2.48. The summed E-state index contributed by atoms with van der Waals surface area (Å²) in [6.07, 6.45) is 4.37. The average Bonchev–Trinajstić information content (AvgIpc) is 3.35. The van der Waals surface area contributed by atoms with Gasteiger partial charge in [-0.15, -0.1) is 0 Å². The number of ether oxygens (including phenoxy) is 1. The quantitative estimate of drug-likeness (QED) is 0.633. The Hall–Kier alpha value is -2.31. The van der Waals surface area contributed by atoms with Crippen molar-refractivity contribution >= 4 is 5.65 Å². The van der Waals surface area contributed by atoms with Crippen molar-refractivity contribution in [2.75, 3.05) is 26.7 Å². The van der Waals surface area contributed by atoms with E-state index in [1.807, 2.05) is 29.7 Å². The van der Waals surface area contributed by atoms with Crippen LogP contribution in [0.3, 0.4) is 0 Å². The molecule has 1 unspecified atom stereocenters. The van der Waals surface area contributed by atoms with Crippen molar-refractivity contribution in [2.45, 2.75) is 44.6 Å². The van der Waals surface area contributed by atoms with Gasteiger partial charge in [0.25, 0.3) is 0 Å². The van der Waals surface area contributed by atoms with E-state index in [9.17, 15) is 0 Å². The van der Waals surface area contributed by atoms with Gasteiger partial charge in [-0.2, -0.15) is 0 Å². The highest BCUT2D eigenvalue weighted by molar-refractivity contribution is 5.69. The number of fused-ring (bicyclic) bond motifs is 1. The second kappa shape index (κ2) is 7.13. The molecule has 0 radical (unpaired) electrons. The zero-order chi connectivity index (χ0) is 21.0. The molecule has 0 N–H and O–H groups in total. The molecule has 1 saturated heterocycles. The number of imidazole rings is 1. The fourth-order valence-corrected chi connectivity index (χ4v) is 4.42. The molecule has 3 heterocycles. The first-order valence-corrected chi connectivity index (χ1v) is 10.6. The zero-order valence-electron chi connectivity index (χ0n) is 17.7. The van der Waals surface area contributed by atoms with Crippen LogP contribution < -0.4 is 0 Å². The van der Waals surface area contributed by atoms with E-state index in [-0.39, 0.29) is 17.1 Å². The molecule has 0 spiro atoms. The van der Waals surface area contributed by atoms with Gasteiger partial charge in [0.05, 0.1) is 29.7 Å². The molecule has 1 saturated carbocycles. The number of aromatic nitrogens is 2. The molecule has 158 valence electrons. The summed E-state index contributed by atoms with van der Waals surface area (Å²) in [6, 6.07) is 6.92. The second-order valence-corrected chi connectivity index (χ2v) is 9.17. The van der Waals surface area contributed by atoms with Gasteiger partial charge in [-0.1, -0.05) is 6.92 Å². The van der Waals surface area contributed by atoms with E-state index in [1.54, 1.807) is 0 Å². The van der Waals surface area contributed by atoms with E-state index >= 15 is 8.78 Å². The Balaban J connectivity index is 1.63. The van der Waals surface area contributed by atoms with Crippen molar-refractivity contribution < 1.29 is 13.5 Å². The van der Waals surface area contributed by atoms with E-state index in [0.29, 0.717) is 24.4 Å². The van der Waals surface area contributed by atoms with E-state index in [1.165, 1.54) is 12.1 Å². The Labute approximate surface area is 175 Å². The predicted octanol–water partition coefficient (Wildman–Crippen LogP) is 4.51. The molecule has 5 rings (SSSR count). The Morgan fingerprint density at radius 1 is 1.20 bits per heavy atom. The molecule has 4 nitrogen and oxygen atoms in total. The molecule has 1 aliphatic carbocycles. The summed E-state index contributed by atoms with van der Waals surface area (Å²) in [7, 11) is 2.06. The van der Waals surface area contributed by atoms with Crippen molar-refractivity contribution in [1.82, 2.24) is 14.3 Å². The maximum atomic E-state index is 15.3. The van der Waals surface area contributed by atoms with Crippen molar-refractivity contribution in [3.63, 3.8) is 0 Å². The summed E-state index contributed by atoms with van der Waals surface area (Å²) in [4.78, 5) is 6.89. The van der Waals surface area contributed by atoms with Gasteiger partial charge in [-0.3, -0.25) is 0 Å². The first-order valence-electron chi connectivity index (χ1n) is 10.6. The number of hydrogen-bond donors (Lipinski definition) is 0. The SMILES string of the molecule is Cc1ccn2c(CC3CN(C)CCO3)c(-c3c(F)cc(C4(C)CC4)cc3F)nc2c1. The number of nitrogens with zero attached hydrogens (tertiary/aromatic N) is 3. The standard InChI is InChI=1S/C24H27F2N3O/c1-15-4-7-29-20(13-17-14-28(3)8-9-30-17)23(27-21(29)10-15)22-18(25)11-16(12-19(22)26)24(2)5-6-24/h4,7,10-12,17H,5-6,8-9,13-14H2,1-3H3. The number of benzene rings is 1. The van der Waals surface area contributed by atoms with Gasteiger partial charge in [-0.05, 0) is 67.6 Å². The van der Waals surface area contributed by atoms with Crippen LogP contribution in [0.1, 0.15) is 36.6 Å². The van der Waals surface area contributed by atoms with Gasteiger partial charge < -0.3 is 14.0 Å². The summed E-state index contributed by atoms with van der Waals surface area (Å²) in [5, 5.41) is 0. The van der Waals surface area contributed by atoms with E-state index in [0.717, 1.165) is 42.8 Å². The van der Waals surface area contributed by atoms with Gasteiger partial charge in [0.2, 0.25) is 0 Å².